The first-order chi connectivity index (χ1) is 9.86. The average Bonchev–Trinajstić information content (AvgIpc) is 3.07. The van der Waals surface area contributed by atoms with E-state index in [4.69, 9.17) is 0 Å². The molecule has 7 nitrogen and oxygen atoms in total. The number of methoxy groups -OCH3 is 1. The Hall–Kier alpha value is -1.36. The summed E-state index contributed by atoms with van der Waals surface area (Å²) >= 11 is 2.33. The third-order valence-electron chi connectivity index (χ3n) is 2.61. The monoisotopic (exact) mass is 347 g/mol. The number of nitrogens with zero attached hydrogens (tertiary/aromatic N) is 3. The molecular weight excluding hydrogens is 334 g/mol. The summed E-state index contributed by atoms with van der Waals surface area (Å²) in [6.07, 6.45) is 0. The lowest BCUT2D eigenvalue weighted by atomic mass is 10.5. The molecule has 0 saturated carbocycles. The van der Waals surface area contributed by atoms with Crippen LogP contribution in [0.1, 0.15) is 21.2 Å². The van der Waals surface area contributed by atoms with Crippen molar-refractivity contribution >= 4 is 38.7 Å². The Kier molecular flexibility index (Phi) is 4.71. The number of thiazole rings is 2. The van der Waals surface area contributed by atoms with Crippen LogP contribution in [0.5, 0.6) is 0 Å². The van der Waals surface area contributed by atoms with Gasteiger partial charge in [0.15, 0.2) is 9.90 Å². The molecule has 21 heavy (non-hydrogen) atoms. The number of hydrogen-bond acceptors (Lipinski definition) is 8. The molecule has 0 unspecified atom stereocenters. The van der Waals surface area contributed by atoms with Gasteiger partial charge in [-0.25, -0.2) is 23.2 Å². The highest BCUT2D eigenvalue weighted by Crippen LogP contribution is 2.25. The van der Waals surface area contributed by atoms with E-state index in [2.05, 4.69) is 14.7 Å². The molecule has 114 valence electrons. The van der Waals surface area contributed by atoms with E-state index < -0.39 is 16.0 Å². The van der Waals surface area contributed by atoms with Crippen molar-refractivity contribution in [2.45, 2.75) is 17.7 Å². The molecule has 2 heterocycles. The molecule has 0 spiro atoms. The van der Waals surface area contributed by atoms with Crippen LogP contribution >= 0.6 is 22.7 Å². The number of sulfonamides is 1. The number of carbonyl (C=O) groups is 1. The first-order valence-electron chi connectivity index (χ1n) is 5.75. The number of esters is 1. The fourth-order valence-corrected chi connectivity index (χ4v) is 4.65. The summed E-state index contributed by atoms with van der Waals surface area (Å²) in [5, 5.41) is 2.67. The summed E-state index contributed by atoms with van der Waals surface area (Å²) in [5.41, 5.74) is 1.77. The Morgan fingerprint density at radius 2 is 2.14 bits per heavy atom. The van der Waals surface area contributed by atoms with Crippen LogP contribution in [0.3, 0.4) is 0 Å². The van der Waals surface area contributed by atoms with Crippen molar-refractivity contribution < 1.29 is 17.9 Å². The quantitative estimate of drug-likeness (QED) is 0.762. The normalized spacial score (nSPS) is 11.8. The summed E-state index contributed by atoms with van der Waals surface area (Å²) in [5.74, 6) is -0.771. The van der Waals surface area contributed by atoms with Gasteiger partial charge >= 0.3 is 5.97 Å². The van der Waals surface area contributed by atoms with Gasteiger partial charge in [0.25, 0.3) is 10.0 Å². The molecule has 0 bridgehead atoms. The highest BCUT2D eigenvalue weighted by atomic mass is 32.2. The summed E-state index contributed by atoms with van der Waals surface area (Å²) in [4.78, 5) is 19.6. The Labute approximate surface area is 130 Å². The van der Waals surface area contributed by atoms with E-state index in [0.717, 1.165) is 20.6 Å². The molecule has 0 aromatic carbocycles. The minimum atomic E-state index is -3.82. The summed E-state index contributed by atoms with van der Waals surface area (Å²) in [6, 6.07) is 0. The first-order valence-corrected chi connectivity index (χ1v) is 8.95. The fraction of sp³-hybridized carbons (Fsp3) is 0.364. The van der Waals surface area contributed by atoms with E-state index in [1.165, 1.54) is 31.0 Å². The standard InChI is InChI=1S/C11H13N3O4S3/c1-7-13-8(5-19-7)4-14(2)21(16,17)11-9(10(15)18-3)12-6-20-11/h5-6H,4H2,1-3H3. The zero-order valence-electron chi connectivity index (χ0n) is 11.6. The van der Waals surface area contributed by atoms with Crippen molar-refractivity contribution in [1.29, 1.82) is 0 Å². The predicted molar refractivity (Wildman–Crippen MR) is 79.0 cm³/mol. The van der Waals surface area contributed by atoms with Crippen molar-refractivity contribution in [1.82, 2.24) is 14.3 Å². The minimum absolute atomic E-state index is 0.121. The van der Waals surface area contributed by atoms with Crippen LogP contribution in [0.2, 0.25) is 0 Å². The molecule has 0 amide bonds. The second-order valence-corrected chi connectivity index (χ2v) is 8.26. The van der Waals surface area contributed by atoms with E-state index in [0.29, 0.717) is 5.69 Å². The molecule has 0 aliphatic carbocycles. The van der Waals surface area contributed by atoms with Gasteiger partial charge in [-0.1, -0.05) is 0 Å². The van der Waals surface area contributed by atoms with Crippen molar-refractivity contribution in [3.63, 3.8) is 0 Å². The van der Waals surface area contributed by atoms with Gasteiger partial charge in [0.05, 0.1) is 29.9 Å². The van der Waals surface area contributed by atoms with Gasteiger partial charge in [-0.3, -0.25) is 0 Å². The second kappa shape index (κ2) is 6.18. The van der Waals surface area contributed by atoms with Crippen LogP contribution in [-0.2, 0) is 21.3 Å². The van der Waals surface area contributed by atoms with Crippen molar-refractivity contribution in [3.8, 4) is 0 Å². The maximum atomic E-state index is 12.5. The molecule has 0 saturated heterocycles. The number of aryl methyl sites for hydroxylation is 1. The third-order valence-corrected chi connectivity index (χ3v) is 6.58. The van der Waals surface area contributed by atoms with E-state index in [1.54, 1.807) is 5.38 Å². The van der Waals surface area contributed by atoms with E-state index in [9.17, 15) is 13.2 Å². The molecule has 0 radical (unpaired) electrons. The fourth-order valence-electron chi connectivity index (χ4n) is 1.59. The largest absolute Gasteiger partial charge is 0.464 e. The van der Waals surface area contributed by atoms with E-state index in [-0.39, 0.29) is 16.4 Å². The van der Waals surface area contributed by atoms with Crippen molar-refractivity contribution in [2.24, 2.45) is 0 Å². The van der Waals surface area contributed by atoms with Crippen LogP contribution in [0.15, 0.2) is 15.1 Å². The predicted octanol–water partition coefficient (Wildman–Crippen LogP) is 1.52. The Balaban J connectivity index is 2.29. The van der Waals surface area contributed by atoms with Crippen LogP contribution in [0, 0.1) is 6.92 Å². The van der Waals surface area contributed by atoms with Gasteiger partial charge < -0.3 is 4.74 Å². The number of hydrogen-bond donors (Lipinski definition) is 0. The van der Waals surface area contributed by atoms with Crippen molar-refractivity contribution in [2.75, 3.05) is 14.2 Å². The zero-order chi connectivity index (χ0) is 15.6. The van der Waals surface area contributed by atoms with Crippen molar-refractivity contribution in [3.05, 3.63) is 27.3 Å². The van der Waals surface area contributed by atoms with Gasteiger partial charge in [0.1, 0.15) is 0 Å². The lowest BCUT2D eigenvalue weighted by Crippen LogP contribution is -2.27. The number of aromatic nitrogens is 2. The second-order valence-electron chi connectivity index (χ2n) is 4.10. The lowest BCUT2D eigenvalue weighted by molar-refractivity contribution is 0.0590. The zero-order valence-corrected chi connectivity index (χ0v) is 14.0. The summed E-state index contributed by atoms with van der Waals surface area (Å²) < 4.78 is 30.6. The molecule has 10 heteroatoms. The Bertz CT molecular complexity index is 750. The maximum Gasteiger partial charge on any atom is 0.358 e. The minimum Gasteiger partial charge on any atom is -0.464 e. The number of ether oxygens (including phenoxy) is 1. The van der Waals surface area contributed by atoms with Gasteiger partial charge in [0.2, 0.25) is 0 Å². The third kappa shape index (κ3) is 3.28. The van der Waals surface area contributed by atoms with Gasteiger partial charge in [-0.05, 0) is 6.92 Å². The summed E-state index contributed by atoms with van der Waals surface area (Å²) in [7, 11) is -1.20. The summed E-state index contributed by atoms with van der Waals surface area (Å²) in [6.45, 7) is 1.98. The number of rotatable bonds is 5. The molecule has 0 N–H and O–H groups in total. The van der Waals surface area contributed by atoms with Crippen LogP contribution in [0.4, 0.5) is 0 Å². The molecule has 0 aliphatic heterocycles. The first kappa shape index (κ1) is 16.0. The van der Waals surface area contributed by atoms with Gasteiger partial charge in [0, 0.05) is 12.4 Å². The highest BCUT2D eigenvalue weighted by molar-refractivity contribution is 7.91. The maximum absolute atomic E-state index is 12.5. The van der Waals surface area contributed by atoms with Gasteiger partial charge in [-0.2, -0.15) is 4.31 Å². The topological polar surface area (TPSA) is 89.5 Å². The SMILES string of the molecule is COC(=O)c1ncsc1S(=O)(=O)N(C)Cc1csc(C)n1. The van der Waals surface area contributed by atoms with E-state index in [1.807, 2.05) is 6.92 Å². The lowest BCUT2D eigenvalue weighted by Gasteiger charge is -2.15. The van der Waals surface area contributed by atoms with Crippen LogP contribution in [0.25, 0.3) is 0 Å². The molecule has 2 rings (SSSR count). The Morgan fingerprint density at radius 3 is 2.71 bits per heavy atom. The molecule has 2 aromatic rings. The van der Waals surface area contributed by atoms with Crippen LogP contribution in [-0.4, -0.2) is 42.8 Å². The van der Waals surface area contributed by atoms with Gasteiger partial charge in [-0.15, -0.1) is 22.7 Å². The molecule has 0 aliphatic rings. The molecule has 0 fully saturated rings. The smallest absolute Gasteiger partial charge is 0.358 e. The molecule has 0 atom stereocenters. The Morgan fingerprint density at radius 1 is 1.43 bits per heavy atom. The molecular formula is C11H13N3O4S3. The highest BCUT2D eigenvalue weighted by Gasteiger charge is 2.30. The van der Waals surface area contributed by atoms with Crippen LogP contribution < -0.4 is 0 Å². The van der Waals surface area contributed by atoms with E-state index >= 15 is 0 Å². The average molecular weight is 347 g/mol. The molecule has 2 aromatic heterocycles. The number of carbonyl (C=O) groups excluding carboxylic acids is 1.